The van der Waals surface area contributed by atoms with Crippen LogP contribution in [0, 0.1) is 0 Å². The minimum absolute atomic E-state index is 0.398. The van der Waals surface area contributed by atoms with Crippen LogP contribution in [0.2, 0.25) is 0 Å². The number of hydrogen-bond acceptors (Lipinski definition) is 3. The molecule has 11 aromatic rings. The van der Waals surface area contributed by atoms with Crippen LogP contribution in [0.5, 0.6) is 0 Å². The molecule has 2 aliphatic carbocycles. The molecule has 3 aliphatic rings. The van der Waals surface area contributed by atoms with Crippen molar-refractivity contribution in [2.45, 2.75) is 5.41 Å². The number of aromatic nitrogens is 1. The Bertz CT molecular complexity index is 3660. The topological polar surface area (TPSA) is 16.1 Å². The molecular formula is C60H36N2S. The summed E-state index contributed by atoms with van der Waals surface area (Å²) >= 11 is 1.80. The Hall–Kier alpha value is -7.85. The van der Waals surface area contributed by atoms with Crippen LogP contribution in [0.1, 0.15) is 22.3 Å². The van der Waals surface area contributed by atoms with E-state index >= 15 is 0 Å². The summed E-state index contributed by atoms with van der Waals surface area (Å²) < 4.78 is 1.29. The zero-order valence-electron chi connectivity index (χ0n) is 34.1. The largest absolute Gasteiger partial charge is 0.309 e. The van der Waals surface area contributed by atoms with Crippen LogP contribution in [-0.2, 0) is 5.41 Å². The van der Waals surface area contributed by atoms with E-state index in [0.717, 1.165) is 22.3 Å². The van der Waals surface area contributed by atoms with Crippen LogP contribution >= 0.6 is 11.3 Å². The predicted octanol–water partition coefficient (Wildman–Crippen LogP) is 16.2. The van der Waals surface area contributed by atoms with Crippen LogP contribution in [0.4, 0.5) is 17.1 Å². The number of pyridine rings is 1. The van der Waals surface area contributed by atoms with Gasteiger partial charge in [-0.15, -0.1) is 11.3 Å². The quantitative estimate of drug-likeness (QED) is 0.177. The molecule has 9 aromatic carbocycles. The van der Waals surface area contributed by atoms with E-state index in [-0.39, 0.29) is 0 Å². The molecule has 1 aliphatic heterocycles. The van der Waals surface area contributed by atoms with Crippen molar-refractivity contribution < 1.29 is 0 Å². The number of anilines is 3. The van der Waals surface area contributed by atoms with E-state index in [4.69, 9.17) is 0 Å². The molecule has 2 aromatic heterocycles. The van der Waals surface area contributed by atoms with Gasteiger partial charge in [-0.25, -0.2) is 0 Å². The molecule has 63 heavy (non-hydrogen) atoms. The highest BCUT2D eigenvalue weighted by molar-refractivity contribution is 7.17. The average molecular weight is 817 g/mol. The zero-order valence-corrected chi connectivity index (χ0v) is 34.9. The molecule has 3 heteroatoms. The molecule has 2 nitrogen and oxygen atoms in total. The second-order valence-electron chi connectivity index (χ2n) is 17.0. The monoisotopic (exact) mass is 816 g/mol. The van der Waals surface area contributed by atoms with Crippen LogP contribution < -0.4 is 4.90 Å². The molecule has 0 N–H and O–H groups in total. The summed E-state index contributed by atoms with van der Waals surface area (Å²) in [6, 6.07) is 77.4. The van der Waals surface area contributed by atoms with E-state index in [1.807, 2.05) is 12.3 Å². The van der Waals surface area contributed by atoms with Crippen molar-refractivity contribution >= 4 is 49.4 Å². The van der Waals surface area contributed by atoms with Gasteiger partial charge in [0.2, 0.25) is 0 Å². The third kappa shape index (κ3) is 4.86. The summed E-state index contributed by atoms with van der Waals surface area (Å²) in [5, 5.41) is 4.59. The molecule has 0 unspecified atom stereocenters. The Kier molecular flexibility index (Phi) is 7.23. The summed E-state index contributed by atoms with van der Waals surface area (Å²) in [6.45, 7) is 0. The molecule has 0 saturated carbocycles. The minimum atomic E-state index is -0.398. The zero-order chi connectivity index (χ0) is 41.2. The highest BCUT2D eigenvalue weighted by atomic mass is 32.1. The standard InChI is InChI=1S/C60H36N2S/c1-2-15-45-44(14-1)50-33-39(40-22-25-49-48-18-5-8-21-54(48)60(55(49)34-40)52-19-6-3-16-46(52)47-17-4-7-20-53(47)60)24-27-57(50)62(58-35-42-28-30-63-59(42)36-51(45)58)43-13-9-11-37(32-43)38-23-26-56-41(31-38)12-10-29-61-56/h1-36H. The highest BCUT2D eigenvalue weighted by Crippen LogP contribution is 2.63. The fourth-order valence-corrected chi connectivity index (χ4v) is 12.0. The normalized spacial score (nSPS) is 13.5. The molecule has 0 fully saturated rings. The van der Waals surface area contributed by atoms with Gasteiger partial charge in [0.15, 0.2) is 0 Å². The van der Waals surface area contributed by atoms with Crippen molar-refractivity contribution in [3.8, 4) is 66.8 Å². The molecule has 0 saturated heterocycles. The number of rotatable bonds is 3. The van der Waals surface area contributed by atoms with Crippen molar-refractivity contribution in [3.05, 3.63) is 240 Å². The molecular weight excluding hydrogens is 781 g/mol. The average Bonchev–Trinajstić information content (AvgIpc) is 4.00. The molecule has 14 rings (SSSR count). The molecule has 0 bridgehead atoms. The first-order chi connectivity index (χ1) is 31.2. The number of benzene rings is 9. The highest BCUT2D eigenvalue weighted by Gasteiger charge is 2.51. The van der Waals surface area contributed by atoms with Crippen LogP contribution in [0.3, 0.4) is 0 Å². The molecule has 0 radical (unpaired) electrons. The van der Waals surface area contributed by atoms with Crippen LogP contribution in [0.15, 0.2) is 218 Å². The Morgan fingerprint density at radius 2 is 0.968 bits per heavy atom. The summed E-state index contributed by atoms with van der Waals surface area (Å²) in [5.41, 5.74) is 24.4. The van der Waals surface area contributed by atoms with Gasteiger partial charge in [-0.05, 0) is 155 Å². The maximum absolute atomic E-state index is 4.59. The van der Waals surface area contributed by atoms with Crippen molar-refractivity contribution in [1.29, 1.82) is 0 Å². The van der Waals surface area contributed by atoms with Gasteiger partial charge in [0, 0.05) is 33.1 Å². The molecule has 1 spiro atoms. The smallest absolute Gasteiger partial charge is 0.0725 e. The lowest BCUT2D eigenvalue weighted by Gasteiger charge is -2.31. The van der Waals surface area contributed by atoms with E-state index in [1.54, 1.807) is 11.3 Å². The van der Waals surface area contributed by atoms with Gasteiger partial charge in [0.1, 0.15) is 0 Å². The first kappa shape index (κ1) is 34.8. The van der Waals surface area contributed by atoms with E-state index < -0.39 is 5.41 Å². The second-order valence-corrected chi connectivity index (χ2v) is 18.0. The maximum atomic E-state index is 4.59. The second kappa shape index (κ2) is 13.1. The van der Waals surface area contributed by atoms with Gasteiger partial charge >= 0.3 is 0 Å². The van der Waals surface area contributed by atoms with E-state index in [1.165, 1.54) is 105 Å². The first-order valence-electron chi connectivity index (χ1n) is 21.7. The molecule has 0 amide bonds. The number of hydrogen-bond donors (Lipinski definition) is 0. The van der Waals surface area contributed by atoms with Gasteiger partial charge in [0.25, 0.3) is 0 Å². The van der Waals surface area contributed by atoms with E-state index in [2.05, 4.69) is 215 Å². The third-order valence-corrected chi connectivity index (χ3v) is 14.8. The summed E-state index contributed by atoms with van der Waals surface area (Å²) in [5.74, 6) is 0. The van der Waals surface area contributed by atoms with Crippen molar-refractivity contribution in [1.82, 2.24) is 4.98 Å². The predicted molar refractivity (Wildman–Crippen MR) is 263 cm³/mol. The lowest BCUT2D eigenvalue weighted by atomic mass is 9.70. The Morgan fingerprint density at radius 1 is 0.365 bits per heavy atom. The first-order valence-corrected chi connectivity index (χ1v) is 22.5. The minimum Gasteiger partial charge on any atom is -0.309 e. The van der Waals surface area contributed by atoms with Crippen LogP contribution in [-0.4, -0.2) is 4.98 Å². The number of nitrogens with zero attached hydrogens (tertiary/aromatic N) is 2. The summed E-state index contributed by atoms with van der Waals surface area (Å²) in [7, 11) is 0. The summed E-state index contributed by atoms with van der Waals surface area (Å²) in [6.07, 6.45) is 1.86. The van der Waals surface area contributed by atoms with Crippen molar-refractivity contribution in [2.24, 2.45) is 0 Å². The molecule has 0 atom stereocenters. The van der Waals surface area contributed by atoms with Gasteiger partial charge < -0.3 is 4.90 Å². The van der Waals surface area contributed by atoms with Crippen molar-refractivity contribution in [3.63, 3.8) is 0 Å². The van der Waals surface area contributed by atoms with Gasteiger partial charge in [0.05, 0.1) is 22.3 Å². The lowest BCUT2D eigenvalue weighted by Crippen LogP contribution is -2.25. The van der Waals surface area contributed by atoms with E-state index in [0.29, 0.717) is 0 Å². The van der Waals surface area contributed by atoms with Crippen LogP contribution in [0.25, 0.3) is 87.8 Å². The lowest BCUT2D eigenvalue weighted by molar-refractivity contribution is 0.794. The van der Waals surface area contributed by atoms with Crippen molar-refractivity contribution in [2.75, 3.05) is 4.90 Å². The SMILES string of the molecule is c1cc(-c2ccc3ncccc3c2)cc(N2c3ccc(-c4ccc5c(c4)C4(c6ccccc6-c6ccccc64)c4ccccc4-5)cc3-c3ccccc3-c3cc4sccc4cc32)c1. The Balaban J connectivity index is 0.989. The molecule has 3 heterocycles. The third-order valence-electron chi connectivity index (χ3n) is 13.9. The van der Waals surface area contributed by atoms with E-state index in [9.17, 15) is 0 Å². The van der Waals surface area contributed by atoms with Gasteiger partial charge in [-0.3, -0.25) is 4.98 Å². The Labute approximate surface area is 369 Å². The van der Waals surface area contributed by atoms with Gasteiger partial charge in [-0.2, -0.15) is 0 Å². The molecule has 292 valence electrons. The fourth-order valence-electron chi connectivity index (χ4n) is 11.2. The maximum Gasteiger partial charge on any atom is 0.0725 e. The van der Waals surface area contributed by atoms with Gasteiger partial charge in [-0.1, -0.05) is 140 Å². The Morgan fingerprint density at radius 3 is 1.71 bits per heavy atom. The fraction of sp³-hybridized carbons (Fsp3) is 0.0167. The summed E-state index contributed by atoms with van der Waals surface area (Å²) in [4.78, 5) is 7.09. The number of fused-ring (bicyclic) bond motifs is 17. The number of thiophene rings is 1.